The van der Waals surface area contributed by atoms with Crippen LogP contribution >= 0.6 is 0 Å². The van der Waals surface area contributed by atoms with E-state index in [-0.39, 0.29) is 12.5 Å². The Kier molecular flexibility index (Phi) is 4.56. The van der Waals surface area contributed by atoms with Gasteiger partial charge >= 0.3 is 6.09 Å². The molecule has 1 saturated heterocycles. The zero-order chi connectivity index (χ0) is 12.2. The van der Waals surface area contributed by atoms with Crippen molar-refractivity contribution in [3.8, 4) is 0 Å². The Hall–Kier alpha value is -0.810. The zero-order valence-electron chi connectivity index (χ0n) is 10.3. The Labute approximate surface area is 96.7 Å². The average Bonchev–Trinajstić information content (AvgIpc) is 2.15. The van der Waals surface area contributed by atoms with Gasteiger partial charge in [-0.05, 0) is 39.5 Å². The fraction of sp³-hybridized carbons (Fsp3) is 0.909. The summed E-state index contributed by atoms with van der Waals surface area (Å²) in [5.41, 5.74) is 2.22. The van der Waals surface area contributed by atoms with Crippen molar-refractivity contribution in [2.75, 3.05) is 19.7 Å². The standard InChI is InChI=1S/C11H22N2O3/c1-11(2,3)16-10(15)12-13-6-4-5-9(7-13)8-14/h9,14H,4-8H2,1-3H3,(H,12,15)/t9-/m1/s1. The summed E-state index contributed by atoms with van der Waals surface area (Å²) in [4.78, 5) is 11.5. The largest absolute Gasteiger partial charge is 0.443 e. The molecule has 0 radical (unpaired) electrons. The van der Waals surface area contributed by atoms with E-state index in [4.69, 9.17) is 9.84 Å². The normalized spacial score (nSPS) is 22.9. The van der Waals surface area contributed by atoms with E-state index in [1.807, 2.05) is 25.8 Å². The van der Waals surface area contributed by atoms with Crippen molar-refractivity contribution in [2.24, 2.45) is 5.92 Å². The predicted molar refractivity (Wildman–Crippen MR) is 60.8 cm³/mol. The van der Waals surface area contributed by atoms with Crippen molar-refractivity contribution in [3.63, 3.8) is 0 Å². The van der Waals surface area contributed by atoms with Gasteiger partial charge in [-0.25, -0.2) is 9.80 Å². The van der Waals surface area contributed by atoms with Crippen LogP contribution in [0.15, 0.2) is 0 Å². The molecule has 1 amide bonds. The smallest absolute Gasteiger partial charge is 0.422 e. The lowest BCUT2D eigenvalue weighted by Gasteiger charge is -2.32. The van der Waals surface area contributed by atoms with E-state index in [9.17, 15) is 4.79 Å². The highest BCUT2D eigenvalue weighted by Gasteiger charge is 2.23. The van der Waals surface area contributed by atoms with Crippen molar-refractivity contribution < 1.29 is 14.6 Å². The number of amides is 1. The number of hydrogen-bond donors (Lipinski definition) is 2. The number of aliphatic hydroxyl groups is 1. The van der Waals surface area contributed by atoms with Crippen LogP contribution in [-0.2, 0) is 4.74 Å². The van der Waals surface area contributed by atoms with E-state index >= 15 is 0 Å². The van der Waals surface area contributed by atoms with Gasteiger partial charge in [-0.1, -0.05) is 0 Å². The number of aliphatic hydroxyl groups excluding tert-OH is 1. The van der Waals surface area contributed by atoms with Crippen LogP contribution in [0.25, 0.3) is 0 Å². The lowest BCUT2D eigenvalue weighted by atomic mass is 10.0. The molecule has 1 atom stereocenters. The predicted octanol–water partition coefficient (Wildman–Crippen LogP) is 1.13. The molecular formula is C11H22N2O3. The second-order valence-corrected chi connectivity index (χ2v) is 5.25. The van der Waals surface area contributed by atoms with Crippen molar-refractivity contribution >= 4 is 6.09 Å². The minimum Gasteiger partial charge on any atom is -0.443 e. The maximum atomic E-state index is 11.5. The molecule has 1 aliphatic heterocycles. The molecule has 1 aliphatic rings. The highest BCUT2D eigenvalue weighted by Crippen LogP contribution is 2.14. The molecule has 0 aromatic carbocycles. The first-order chi connectivity index (χ1) is 7.40. The topological polar surface area (TPSA) is 61.8 Å². The summed E-state index contributed by atoms with van der Waals surface area (Å²) in [5, 5.41) is 10.9. The molecule has 0 aromatic heterocycles. The minimum atomic E-state index is -0.476. The summed E-state index contributed by atoms with van der Waals surface area (Å²) >= 11 is 0. The molecular weight excluding hydrogens is 208 g/mol. The monoisotopic (exact) mass is 230 g/mol. The van der Waals surface area contributed by atoms with Gasteiger partial charge in [0.05, 0.1) is 0 Å². The molecule has 5 heteroatoms. The molecule has 5 nitrogen and oxygen atoms in total. The molecule has 0 spiro atoms. The lowest BCUT2D eigenvalue weighted by molar-refractivity contribution is 0.0204. The van der Waals surface area contributed by atoms with Gasteiger partial charge in [-0.3, -0.25) is 5.43 Å². The average molecular weight is 230 g/mol. The fourth-order valence-electron chi connectivity index (χ4n) is 1.75. The lowest BCUT2D eigenvalue weighted by Crippen LogP contribution is -2.49. The van der Waals surface area contributed by atoms with Crippen LogP contribution in [0.3, 0.4) is 0 Å². The van der Waals surface area contributed by atoms with Crippen LogP contribution in [0.2, 0.25) is 0 Å². The van der Waals surface area contributed by atoms with E-state index in [1.165, 1.54) is 0 Å². The van der Waals surface area contributed by atoms with Crippen LogP contribution in [-0.4, -0.2) is 41.5 Å². The Morgan fingerprint density at radius 1 is 1.56 bits per heavy atom. The quantitative estimate of drug-likeness (QED) is 0.746. The number of carbonyl (C=O) groups is 1. The Bertz CT molecular complexity index is 238. The highest BCUT2D eigenvalue weighted by molar-refractivity contribution is 5.67. The van der Waals surface area contributed by atoms with Gasteiger partial charge in [0.2, 0.25) is 0 Å². The van der Waals surface area contributed by atoms with Crippen molar-refractivity contribution in [3.05, 3.63) is 0 Å². The van der Waals surface area contributed by atoms with Gasteiger partial charge < -0.3 is 9.84 Å². The van der Waals surface area contributed by atoms with E-state index in [0.29, 0.717) is 6.54 Å². The SMILES string of the molecule is CC(C)(C)OC(=O)NN1CCC[C@@H](CO)C1. The van der Waals surface area contributed by atoms with Crippen LogP contribution in [0, 0.1) is 5.92 Å². The Morgan fingerprint density at radius 2 is 2.25 bits per heavy atom. The van der Waals surface area contributed by atoms with Gasteiger partial charge in [0.1, 0.15) is 5.60 Å². The molecule has 2 N–H and O–H groups in total. The molecule has 0 bridgehead atoms. The molecule has 94 valence electrons. The summed E-state index contributed by atoms with van der Waals surface area (Å²) in [5.74, 6) is 0.253. The number of ether oxygens (including phenoxy) is 1. The molecule has 1 heterocycles. The summed E-state index contributed by atoms with van der Waals surface area (Å²) in [6, 6.07) is 0. The van der Waals surface area contributed by atoms with E-state index in [1.54, 1.807) is 0 Å². The summed E-state index contributed by atoms with van der Waals surface area (Å²) in [6.07, 6.45) is 1.58. The second kappa shape index (κ2) is 5.50. The first-order valence-electron chi connectivity index (χ1n) is 5.76. The summed E-state index contributed by atoms with van der Waals surface area (Å²) in [6.45, 7) is 7.18. The van der Waals surface area contributed by atoms with Gasteiger partial charge in [-0.2, -0.15) is 0 Å². The van der Waals surface area contributed by atoms with Crippen molar-refractivity contribution in [1.82, 2.24) is 10.4 Å². The minimum absolute atomic E-state index is 0.173. The van der Waals surface area contributed by atoms with E-state index < -0.39 is 11.7 Å². The maximum absolute atomic E-state index is 11.5. The second-order valence-electron chi connectivity index (χ2n) is 5.25. The number of hydrazine groups is 1. The summed E-state index contributed by atoms with van der Waals surface area (Å²) < 4.78 is 5.16. The van der Waals surface area contributed by atoms with Crippen LogP contribution in [0.5, 0.6) is 0 Å². The van der Waals surface area contributed by atoms with Gasteiger partial charge in [0, 0.05) is 19.7 Å². The maximum Gasteiger partial charge on any atom is 0.422 e. The van der Waals surface area contributed by atoms with Crippen molar-refractivity contribution in [1.29, 1.82) is 0 Å². The molecule has 0 saturated carbocycles. The summed E-state index contributed by atoms with van der Waals surface area (Å²) in [7, 11) is 0. The number of carbonyl (C=O) groups excluding carboxylic acids is 1. The third kappa shape index (κ3) is 4.81. The molecule has 0 unspecified atom stereocenters. The number of hydrogen-bond acceptors (Lipinski definition) is 4. The van der Waals surface area contributed by atoms with Crippen LogP contribution < -0.4 is 5.43 Å². The zero-order valence-corrected chi connectivity index (χ0v) is 10.3. The number of nitrogens with one attached hydrogen (secondary N) is 1. The number of piperidine rings is 1. The molecule has 1 rings (SSSR count). The first kappa shape index (κ1) is 13.3. The third-order valence-electron chi connectivity index (χ3n) is 2.43. The van der Waals surface area contributed by atoms with E-state index in [0.717, 1.165) is 19.4 Å². The number of nitrogens with zero attached hydrogens (tertiary/aromatic N) is 1. The van der Waals surface area contributed by atoms with Crippen molar-refractivity contribution in [2.45, 2.75) is 39.2 Å². The van der Waals surface area contributed by atoms with E-state index in [2.05, 4.69) is 5.43 Å². The van der Waals surface area contributed by atoms with Gasteiger partial charge in [0.15, 0.2) is 0 Å². The van der Waals surface area contributed by atoms with Crippen LogP contribution in [0.4, 0.5) is 4.79 Å². The molecule has 0 aliphatic carbocycles. The highest BCUT2D eigenvalue weighted by atomic mass is 16.6. The molecule has 16 heavy (non-hydrogen) atoms. The molecule has 0 aromatic rings. The Balaban J connectivity index is 2.33. The Morgan fingerprint density at radius 3 is 2.81 bits per heavy atom. The third-order valence-corrected chi connectivity index (χ3v) is 2.43. The van der Waals surface area contributed by atoms with Gasteiger partial charge in [0.25, 0.3) is 0 Å². The number of rotatable bonds is 2. The fourth-order valence-corrected chi connectivity index (χ4v) is 1.75. The first-order valence-corrected chi connectivity index (χ1v) is 5.76. The van der Waals surface area contributed by atoms with Crippen LogP contribution in [0.1, 0.15) is 33.6 Å². The van der Waals surface area contributed by atoms with Gasteiger partial charge in [-0.15, -0.1) is 0 Å². The molecule has 1 fully saturated rings.